The number of hydrogen-bond acceptors (Lipinski definition) is 3. The van der Waals surface area contributed by atoms with Crippen LogP contribution in [0.2, 0.25) is 0 Å². The van der Waals surface area contributed by atoms with Crippen molar-refractivity contribution in [2.45, 2.75) is 25.2 Å². The SMILES string of the molecule is CSc1ccccc1C(=O)NCC(C)(C)CCO. The van der Waals surface area contributed by atoms with Gasteiger partial charge >= 0.3 is 0 Å². The molecule has 0 aliphatic carbocycles. The van der Waals surface area contributed by atoms with Crippen LogP contribution in [0.4, 0.5) is 0 Å². The maximum atomic E-state index is 12.1. The van der Waals surface area contributed by atoms with E-state index in [0.717, 1.165) is 4.90 Å². The number of rotatable bonds is 6. The van der Waals surface area contributed by atoms with Gasteiger partial charge in [-0.1, -0.05) is 26.0 Å². The smallest absolute Gasteiger partial charge is 0.252 e. The molecule has 0 aliphatic rings. The molecule has 18 heavy (non-hydrogen) atoms. The maximum Gasteiger partial charge on any atom is 0.252 e. The van der Waals surface area contributed by atoms with Gasteiger partial charge in [0, 0.05) is 18.0 Å². The number of aliphatic hydroxyl groups excluding tert-OH is 1. The molecule has 100 valence electrons. The number of benzene rings is 1. The zero-order valence-electron chi connectivity index (χ0n) is 11.2. The highest BCUT2D eigenvalue weighted by Crippen LogP contribution is 2.21. The number of carbonyl (C=O) groups is 1. The first-order valence-electron chi connectivity index (χ1n) is 6.02. The van der Waals surface area contributed by atoms with Gasteiger partial charge in [-0.15, -0.1) is 11.8 Å². The van der Waals surface area contributed by atoms with E-state index in [-0.39, 0.29) is 17.9 Å². The van der Waals surface area contributed by atoms with Gasteiger partial charge in [0.15, 0.2) is 0 Å². The van der Waals surface area contributed by atoms with E-state index >= 15 is 0 Å². The zero-order chi connectivity index (χ0) is 13.6. The Balaban J connectivity index is 2.66. The summed E-state index contributed by atoms with van der Waals surface area (Å²) in [5, 5.41) is 11.9. The summed E-state index contributed by atoms with van der Waals surface area (Å²) in [4.78, 5) is 13.1. The number of thioether (sulfide) groups is 1. The lowest BCUT2D eigenvalue weighted by atomic mass is 9.89. The van der Waals surface area contributed by atoms with Crippen molar-refractivity contribution in [1.82, 2.24) is 5.32 Å². The van der Waals surface area contributed by atoms with Crippen LogP contribution in [-0.4, -0.2) is 30.4 Å². The van der Waals surface area contributed by atoms with Crippen LogP contribution in [0.15, 0.2) is 29.2 Å². The summed E-state index contributed by atoms with van der Waals surface area (Å²) >= 11 is 1.57. The maximum absolute atomic E-state index is 12.1. The monoisotopic (exact) mass is 267 g/mol. The Labute approximate surface area is 113 Å². The number of aliphatic hydroxyl groups is 1. The van der Waals surface area contributed by atoms with Crippen LogP contribution in [0.5, 0.6) is 0 Å². The summed E-state index contributed by atoms with van der Waals surface area (Å²) in [6.45, 7) is 4.77. The van der Waals surface area contributed by atoms with E-state index in [0.29, 0.717) is 18.5 Å². The fraction of sp³-hybridized carbons (Fsp3) is 0.500. The summed E-state index contributed by atoms with van der Waals surface area (Å²) in [6.07, 6.45) is 2.64. The summed E-state index contributed by atoms with van der Waals surface area (Å²) in [5.41, 5.74) is 0.628. The molecule has 1 aromatic carbocycles. The Morgan fingerprint density at radius 2 is 2.06 bits per heavy atom. The lowest BCUT2D eigenvalue weighted by molar-refractivity contribution is 0.0925. The molecule has 0 unspecified atom stereocenters. The molecular weight excluding hydrogens is 246 g/mol. The van der Waals surface area contributed by atoms with Crippen LogP contribution < -0.4 is 5.32 Å². The number of nitrogens with one attached hydrogen (secondary N) is 1. The zero-order valence-corrected chi connectivity index (χ0v) is 12.0. The van der Waals surface area contributed by atoms with E-state index in [2.05, 4.69) is 5.32 Å². The third-order valence-electron chi connectivity index (χ3n) is 2.87. The minimum absolute atomic E-state index is 0.0500. The summed E-state index contributed by atoms with van der Waals surface area (Å²) in [7, 11) is 0. The molecule has 0 fully saturated rings. The van der Waals surface area contributed by atoms with Crippen LogP contribution in [0.3, 0.4) is 0 Å². The van der Waals surface area contributed by atoms with Crippen molar-refractivity contribution < 1.29 is 9.90 Å². The highest BCUT2D eigenvalue weighted by molar-refractivity contribution is 7.98. The third-order valence-corrected chi connectivity index (χ3v) is 3.66. The van der Waals surface area contributed by atoms with E-state index in [4.69, 9.17) is 5.11 Å². The van der Waals surface area contributed by atoms with Crippen molar-refractivity contribution in [2.24, 2.45) is 5.41 Å². The average molecular weight is 267 g/mol. The van der Waals surface area contributed by atoms with E-state index in [1.54, 1.807) is 11.8 Å². The molecule has 4 heteroatoms. The second-order valence-corrected chi connectivity index (χ2v) is 5.87. The molecule has 2 N–H and O–H groups in total. The molecule has 0 spiro atoms. The quantitative estimate of drug-likeness (QED) is 0.779. The van der Waals surface area contributed by atoms with Gasteiger partial charge in [0.25, 0.3) is 5.91 Å². The fourth-order valence-electron chi connectivity index (χ4n) is 1.64. The molecule has 0 heterocycles. The molecule has 1 rings (SSSR count). The van der Waals surface area contributed by atoms with Gasteiger partial charge in [0.2, 0.25) is 0 Å². The van der Waals surface area contributed by atoms with Crippen molar-refractivity contribution in [1.29, 1.82) is 0 Å². The second-order valence-electron chi connectivity index (χ2n) is 5.02. The van der Waals surface area contributed by atoms with Crippen molar-refractivity contribution >= 4 is 17.7 Å². The minimum Gasteiger partial charge on any atom is -0.396 e. The average Bonchev–Trinajstić information content (AvgIpc) is 2.36. The standard InChI is InChI=1S/C14H21NO2S/c1-14(2,8-9-16)10-15-13(17)11-6-4-5-7-12(11)18-3/h4-7,16H,8-10H2,1-3H3,(H,15,17). The molecule has 1 aromatic rings. The van der Waals surface area contributed by atoms with Crippen molar-refractivity contribution in [3.8, 4) is 0 Å². The molecule has 0 saturated heterocycles. The molecule has 0 aliphatic heterocycles. The Hall–Kier alpha value is -1.00. The van der Waals surface area contributed by atoms with Gasteiger partial charge in [0.05, 0.1) is 5.56 Å². The van der Waals surface area contributed by atoms with Crippen molar-refractivity contribution in [3.63, 3.8) is 0 Å². The third kappa shape index (κ3) is 4.35. The Kier molecular flexibility index (Phi) is 5.69. The first-order chi connectivity index (χ1) is 8.50. The first-order valence-corrected chi connectivity index (χ1v) is 7.25. The van der Waals surface area contributed by atoms with Crippen LogP contribution >= 0.6 is 11.8 Å². The number of amides is 1. The Morgan fingerprint density at radius 3 is 2.67 bits per heavy atom. The molecular formula is C14H21NO2S. The lowest BCUT2D eigenvalue weighted by Crippen LogP contribution is -2.34. The highest BCUT2D eigenvalue weighted by Gasteiger charge is 2.19. The van der Waals surface area contributed by atoms with Crippen LogP contribution in [0.1, 0.15) is 30.6 Å². The van der Waals surface area contributed by atoms with Gasteiger partial charge in [-0.3, -0.25) is 4.79 Å². The molecule has 0 aromatic heterocycles. The fourth-order valence-corrected chi connectivity index (χ4v) is 2.23. The largest absolute Gasteiger partial charge is 0.396 e. The van der Waals surface area contributed by atoms with Crippen molar-refractivity contribution in [2.75, 3.05) is 19.4 Å². The topological polar surface area (TPSA) is 49.3 Å². The van der Waals surface area contributed by atoms with Gasteiger partial charge in [-0.25, -0.2) is 0 Å². The minimum atomic E-state index is -0.0846. The van der Waals surface area contributed by atoms with Gasteiger partial charge < -0.3 is 10.4 Å². The summed E-state index contributed by atoms with van der Waals surface area (Å²) in [5.74, 6) is -0.0500. The molecule has 1 amide bonds. The van der Waals surface area contributed by atoms with Crippen molar-refractivity contribution in [3.05, 3.63) is 29.8 Å². The highest BCUT2D eigenvalue weighted by atomic mass is 32.2. The molecule has 0 bridgehead atoms. The number of carbonyl (C=O) groups excluding carboxylic acids is 1. The predicted molar refractivity (Wildman–Crippen MR) is 76.0 cm³/mol. The van der Waals surface area contributed by atoms with E-state index in [9.17, 15) is 4.79 Å². The predicted octanol–water partition coefficient (Wildman–Crippen LogP) is 2.55. The van der Waals surface area contributed by atoms with Gasteiger partial charge in [-0.05, 0) is 30.2 Å². The van der Waals surface area contributed by atoms with Gasteiger partial charge in [-0.2, -0.15) is 0 Å². The molecule has 0 saturated carbocycles. The summed E-state index contributed by atoms with van der Waals surface area (Å²) < 4.78 is 0. The summed E-state index contributed by atoms with van der Waals surface area (Å²) in [6, 6.07) is 7.57. The molecule has 0 atom stereocenters. The Morgan fingerprint density at radius 1 is 1.39 bits per heavy atom. The second kappa shape index (κ2) is 6.81. The van der Waals surface area contributed by atoms with E-state index < -0.39 is 0 Å². The first kappa shape index (κ1) is 15.1. The van der Waals surface area contributed by atoms with E-state index in [1.165, 1.54) is 0 Å². The molecule has 0 radical (unpaired) electrons. The van der Waals surface area contributed by atoms with Crippen LogP contribution in [-0.2, 0) is 0 Å². The lowest BCUT2D eigenvalue weighted by Gasteiger charge is -2.24. The molecule has 3 nitrogen and oxygen atoms in total. The normalized spacial score (nSPS) is 11.3. The van der Waals surface area contributed by atoms with Gasteiger partial charge in [0.1, 0.15) is 0 Å². The van der Waals surface area contributed by atoms with E-state index in [1.807, 2.05) is 44.4 Å². The number of hydrogen-bond donors (Lipinski definition) is 2. The van der Waals surface area contributed by atoms with Crippen LogP contribution in [0.25, 0.3) is 0 Å². The Bertz CT molecular complexity index is 405. The van der Waals surface area contributed by atoms with Crippen LogP contribution in [0, 0.1) is 5.41 Å².